The molecule has 1 aromatic rings. The van der Waals surface area contributed by atoms with Crippen LogP contribution in [0.5, 0.6) is 0 Å². The Balaban J connectivity index is 1.45. The molecule has 2 bridgehead atoms. The zero-order valence-corrected chi connectivity index (χ0v) is 14.8. The third kappa shape index (κ3) is 2.09. The van der Waals surface area contributed by atoms with E-state index in [1.165, 1.54) is 30.4 Å². The van der Waals surface area contributed by atoms with Crippen molar-refractivity contribution in [3.8, 4) is 0 Å². The second-order valence-corrected chi connectivity index (χ2v) is 9.90. The SMILES string of the molecule is Cc1ccc(S(=O)(=O)N2CC3=CC4C(C=C3C2)[C@H]2CC[C@@H]4C2)cc1. The summed E-state index contributed by atoms with van der Waals surface area (Å²) in [6, 6.07) is 7.20. The standard InChI is InChI=1S/C20H23NO2S/c1-13-2-6-18(7-3-13)24(22,23)21-11-16-9-19-14-4-5-15(8-14)20(19)10-17(16)12-21/h2-3,6-7,9-10,14-15,19-20H,4-5,8,11-12H2,1H3/t14-,15+,19?,20?. The Hall–Kier alpha value is -1.39. The highest BCUT2D eigenvalue weighted by molar-refractivity contribution is 7.89. The van der Waals surface area contributed by atoms with Gasteiger partial charge in [0.25, 0.3) is 0 Å². The van der Waals surface area contributed by atoms with Gasteiger partial charge in [0.05, 0.1) is 4.90 Å². The van der Waals surface area contributed by atoms with Crippen LogP contribution in [0.25, 0.3) is 0 Å². The van der Waals surface area contributed by atoms with Crippen LogP contribution in [0.2, 0.25) is 0 Å². The molecule has 1 heterocycles. The lowest BCUT2D eigenvalue weighted by atomic mass is 9.74. The van der Waals surface area contributed by atoms with Crippen molar-refractivity contribution in [3.63, 3.8) is 0 Å². The van der Waals surface area contributed by atoms with Gasteiger partial charge in [-0.1, -0.05) is 29.8 Å². The first-order valence-corrected chi connectivity index (χ1v) is 10.4. The van der Waals surface area contributed by atoms with E-state index in [4.69, 9.17) is 0 Å². The molecule has 126 valence electrons. The lowest BCUT2D eigenvalue weighted by Gasteiger charge is -2.30. The normalized spacial score (nSPS) is 34.7. The topological polar surface area (TPSA) is 37.4 Å². The van der Waals surface area contributed by atoms with Gasteiger partial charge >= 0.3 is 0 Å². The Labute approximate surface area is 144 Å². The Morgan fingerprint density at radius 1 is 0.917 bits per heavy atom. The minimum Gasteiger partial charge on any atom is -0.207 e. The van der Waals surface area contributed by atoms with Gasteiger partial charge in [0.15, 0.2) is 0 Å². The number of nitrogens with zero attached hydrogens (tertiary/aromatic N) is 1. The van der Waals surface area contributed by atoms with Crippen molar-refractivity contribution in [3.05, 3.63) is 53.1 Å². The predicted molar refractivity (Wildman–Crippen MR) is 93.9 cm³/mol. The van der Waals surface area contributed by atoms with E-state index >= 15 is 0 Å². The van der Waals surface area contributed by atoms with Gasteiger partial charge in [0, 0.05) is 13.1 Å². The molecule has 0 radical (unpaired) electrons. The largest absolute Gasteiger partial charge is 0.243 e. The molecule has 4 aliphatic rings. The van der Waals surface area contributed by atoms with E-state index in [-0.39, 0.29) is 0 Å². The summed E-state index contributed by atoms with van der Waals surface area (Å²) in [5, 5.41) is 0. The number of allylic oxidation sites excluding steroid dienone is 2. The van der Waals surface area contributed by atoms with E-state index in [1.807, 2.05) is 19.1 Å². The number of rotatable bonds is 2. The van der Waals surface area contributed by atoms with Crippen molar-refractivity contribution in [1.82, 2.24) is 4.31 Å². The molecule has 4 atom stereocenters. The smallest absolute Gasteiger partial charge is 0.207 e. The Kier molecular flexibility index (Phi) is 3.14. The van der Waals surface area contributed by atoms with E-state index in [9.17, 15) is 8.42 Å². The summed E-state index contributed by atoms with van der Waals surface area (Å²) >= 11 is 0. The van der Waals surface area contributed by atoms with E-state index in [0.29, 0.717) is 29.8 Å². The van der Waals surface area contributed by atoms with Gasteiger partial charge in [0.2, 0.25) is 10.0 Å². The molecule has 0 aromatic heterocycles. The first kappa shape index (κ1) is 14.9. The van der Waals surface area contributed by atoms with E-state index in [2.05, 4.69) is 12.2 Å². The fourth-order valence-corrected chi connectivity index (χ4v) is 6.72. The van der Waals surface area contributed by atoms with Crippen molar-refractivity contribution >= 4 is 10.0 Å². The highest BCUT2D eigenvalue weighted by Gasteiger charge is 2.48. The van der Waals surface area contributed by atoms with Crippen LogP contribution in [0.4, 0.5) is 0 Å². The van der Waals surface area contributed by atoms with Crippen molar-refractivity contribution in [1.29, 1.82) is 0 Å². The molecule has 24 heavy (non-hydrogen) atoms. The number of sulfonamides is 1. The van der Waals surface area contributed by atoms with E-state index in [1.54, 1.807) is 16.4 Å². The molecule has 3 nitrogen and oxygen atoms in total. The van der Waals surface area contributed by atoms with Gasteiger partial charge in [-0.05, 0) is 73.1 Å². The number of fused-ring (bicyclic) bond motifs is 6. The van der Waals surface area contributed by atoms with E-state index in [0.717, 1.165) is 17.4 Å². The minimum absolute atomic E-state index is 0.410. The van der Waals surface area contributed by atoms with E-state index < -0.39 is 10.0 Å². The Bertz CT molecular complexity index is 816. The molecule has 0 N–H and O–H groups in total. The van der Waals surface area contributed by atoms with Crippen LogP contribution in [0.3, 0.4) is 0 Å². The second-order valence-electron chi connectivity index (χ2n) is 7.96. The molecule has 1 saturated heterocycles. The van der Waals surface area contributed by atoms with Crippen LogP contribution in [0.1, 0.15) is 24.8 Å². The molecule has 4 heteroatoms. The fraction of sp³-hybridized carbons (Fsp3) is 0.500. The Morgan fingerprint density at radius 2 is 1.46 bits per heavy atom. The summed E-state index contributed by atoms with van der Waals surface area (Å²) in [4.78, 5) is 0.410. The van der Waals surface area contributed by atoms with Crippen molar-refractivity contribution < 1.29 is 8.42 Å². The Morgan fingerprint density at radius 3 is 2.00 bits per heavy atom. The highest BCUT2D eigenvalue weighted by Crippen LogP contribution is 2.56. The maximum Gasteiger partial charge on any atom is 0.243 e. The van der Waals surface area contributed by atoms with Crippen molar-refractivity contribution in [2.45, 2.75) is 31.1 Å². The number of benzene rings is 1. The summed E-state index contributed by atoms with van der Waals surface area (Å²) in [6.45, 7) is 3.06. The summed E-state index contributed by atoms with van der Waals surface area (Å²) < 4.78 is 27.5. The lowest BCUT2D eigenvalue weighted by molar-refractivity contribution is 0.312. The van der Waals surface area contributed by atoms with Gasteiger partial charge in [-0.3, -0.25) is 0 Å². The maximum absolute atomic E-state index is 12.9. The monoisotopic (exact) mass is 341 g/mol. The third-order valence-corrected chi connectivity index (χ3v) is 8.40. The molecule has 0 amide bonds. The van der Waals surface area contributed by atoms with Gasteiger partial charge in [0.1, 0.15) is 0 Å². The molecule has 3 fully saturated rings. The quantitative estimate of drug-likeness (QED) is 0.825. The molecule has 0 spiro atoms. The van der Waals surface area contributed by atoms with Crippen molar-refractivity contribution in [2.75, 3.05) is 13.1 Å². The fourth-order valence-electron chi connectivity index (χ4n) is 5.33. The number of hydrogen-bond donors (Lipinski definition) is 0. The summed E-state index contributed by atoms with van der Waals surface area (Å²) in [6.07, 6.45) is 8.96. The summed E-state index contributed by atoms with van der Waals surface area (Å²) in [5.41, 5.74) is 3.61. The van der Waals surface area contributed by atoms with Crippen LogP contribution in [0.15, 0.2) is 52.5 Å². The van der Waals surface area contributed by atoms with Gasteiger partial charge in [-0.2, -0.15) is 4.31 Å². The van der Waals surface area contributed by atoms with Crippen LogP contribution in [-0.4, -0.2) is 25.8 Å². The number of aryl methyl sites for hydroxylation is 1. The summed E-state index contributed by atoms with van der Waals surface area (Å²) in [7, 11) is -3.40. The van der Waals surface area contributed by atoms with Crippen LogP contribution in [0, 0.1) is 30.6 Å². The average Bonchev–Trinajstić information content (AvgIpc) is 3.27. The third-order valence-electron chi connectivity index (χ3n) is 6.60. The maximum atomic E-state index is 12.9. The molecule has 1 aromatic carbocycles. The average molecular weight is 341 g/mol. The highest BCUT2D eigenvalue weighted by atomic mass is 32.2. The van der Waals surface area contributed by atoms with Crippen molar-refractivity contribution in [2.24, 2.45) is 23.7 Å². The molecule has 2 unspecified atom stereocenters. The van der Waals surface area contributed by atoms with Gasteiger partial charge < -0.3 is 0 Å². The molecule has 1 aliphatic heterocycles. The lowest BCUT2D eigenvalue weighted by Crippen LogP contribution is -2.28. The molecule has 3 aliphatic carbocycles. The minimum atomic E-state index is -3.40. The first-order chi connectivity index (χ1) is 11.5. The zero-order valence-electron chi connectivity index (χ0n) is 14.0. The second kappa shape index (κ2) is 5.06. The van der Waals surface area contributed by atoms with Crippen LogP contribution >= 0.6 is 0 Å². The first-order valence-electron chi connectivity index (χ1n) is 9.01. The summed E-state index contributed by atoms with van der Waals surface area (Å²) in [5.74, 6) is 3.02. The molecule has 5 rings (SSSR count). The van der Waals surface area contributed by atoms with Crippen LogP contribution in [-0.2, 0) is 10.0 Å². The van der Waals surface area contributed by atoms with Gasteiger partial charge in [-0.15, -0.1) is 0 Å². The molecule has 2 saturated carbocycles. The molecular weight excluding hydrogens is 318 g/mol. The predicted octanol–water partition coefficient (Wildman–Crippen LogP) is 3.53. The molecular formula is C20H23NO2S. The van der Waals surface area contributed by atoms with Crippen LogP contribution < -0.4 is 0 Å². The number of hydrogen-bond acceptors (Lipinski definition) is 2. The zero-order chi connectivity index (χ0) is 16.5. The van der Waals surface area contributed by atoms with Gasteiger partial charge in [-0.25, -0.2) is 8.42 Å².